The standard InChI is InChI=1S/C22H20FN3O2S/c1-12(2)26-21-19(11-24-26)18(22(27)28-16-7-5-6-15(23)9-16)10-20(25-21)17-8-13(3)29-14(17)4/h5-12H,1-4H3. The van der Waals surface area contributed by atoms with Crippen molar-refractivity contribution in [2.45, 2.75) is 33.7 Å². The van der Waals surface area contributed by atoms with Gasteiger partial charge in [-0.25, -0.2) is 18.9 Å². The van der Waals surface area contributed by atoms with Crippen LogP contribution < -0.4 is 4.74 Å². The van der Waals surface area contributed by atoms with Crippen molar-refractivity contribution in [3.05, 3.63) is 63.7 Å². The topological polar surface area (TPSA) is 57.0 Å². The predicted octanol–water partition coefficient (Wildman–Crippen LogP) is 5.72. The van der Waals surface area contributed by atoms with Crippen LogP contribution in [0.3, 0.4) is 0 Å². The molecular weight excluding hydrogens is 389 g/mol. The van der Waals surface area contributed by atoms with Crippen molar-refractivity contribution in [2.24, 2.45) is 0 Å². The summed E-state index contributed by atoms with van der Waals surface area (Å²) < 4.78 is 20.7. The summed E-state index contributed by atoms with van der Waals surface area (Å²) in [4.78, 5) is 20.1. The molecule has 7 heteroatoms. The van der Waals surface area contributed by atoms with E-state index >= 15 is 0 Å². The lowest BCUT2D eigenvalue weighted by atomic mass is 10.1. The van der Waals surface area contributed by atoms with Crippen LogP contribution in [0.5, 0.6) is 5.75 Å². The highest BCUT2D eigenvalue weighted by Crippen LogP contribution is 2.33. The minimum absolute atomic E-state index is 0.0765. The second kappa shape index (κ2) is 7.40. The number of pyridine rings is 1. The van der Waals surface area contributed by atoms with Crippen LogP contribution in [0.25, 0.3) is 22.3 Å². The van der Waals surface area contributed by atoms with Crippen molar-refractivity contribution in [3.8, 4) is 17.0 Å². The molecule has 4 rings (SSSR count). The highest BCUT2D eigenvalue weighted by molar-refractivity contribution is 7.12. The maximum Gasteiger partial charge on any atom is 0.344 e. The Balaban J connectivity index is 1.87. The average molecular weight is 409 g/mol. The Morgan fingerprint density at radius 2 is 2.00 bits per heavy atom. The van der Waals surface area contributed by atoms with Gasteiger partial charge in [0.1, 0.15) is 11.6 Å². The Kier molecular flexibility index (Phi) is 4.92. The number of esters is 1. The van der Waals surface area contributed by atoms with E-state index in [1.54, 1.807) is 34.3 Å². The monoisotopic (exact) mass is 409 g/mol. The Labute approximate surface area is 171 Å². The van der Waals surface area contributed by atoms with E-state index in [4.69, 9.17) is 9.72 Å². The number of hydrogen-bond acceptors (Lipinski definition) is 5. The molecule has 5 nitrogen and oxygen atoms in total. The number of fused-ring (bicyclic) bond motifs is 1. The molecule has 0 saturated heterocycles. The van der Waals surface area contributed by atoms with Crippen molar-refractivity contribution in [1.29, 1.82) is 0 Å². The lowest BCUT2D eigenvalue weighted by molar-refractivity contribution is 0.0736. The van der Waals surface area contributed by atoms with Crippen LogP contribution in [-0.2, 0) is 0 Å². The van der Waals surface area contributed by atoms with Crippen LogP contribution >= 0.6 is 11.3 Å². The van der Waals surface area contributed by atoms with Crippen LogP contribution in [0.15, 0.2) is 42.6 Å². The molecule has 0 radical (unpaired) electrons. The zero-order valence-electron chi connectivity index (χ0n) is 16.6. The molecule has 4 aromatic rings. The van der Waals surface area contributed by atoms with Gasteiger partial charge in [-0.05, 0) is 52.0 Å². The molecule has 1 aromatic carbocycles. The number of hydrogen-bond donors (Lipinski definition) is 0. The summed E-state index contributed by atoms with van der Waals surface area (Å²) in [6.07, 6.45) is 1.63. The van der Waals surface area contributed by atoms with Gasteiger partial charge >= 0.3 is 5.97 Å². The van der Waals surface area contributed by atoms with E-state index in [0.29, 0.717) is 22.3 Å². The van der Waals surface area contributed by atoms with Gasteiger partial charge in [0.15, 0.2) is 5.65 Å². The minimum atomic E-state index is -0.572. The number of benzene rings is 1. The van der Waals surface area contributed by atoms with Gasteiger partial charge in [0.05, 0.1) is 22.8 Å². The SMILES string of the molecule is Cc1cc(-c2cc(C(=O)Oc3cccc(F)c3)c3cnn(C(C)C)c3n2)c(C)s1. The van der Waals surface area contributed by atoms with Crippen LogP contribution in [0.1, 0.15) is 40.0 Å². The summed E-state index contributed by atoms with van der Waals surface area (Å²) in [5.74, 6) is -0.884. The van der Waals surface area contributed by atoms with Gasteiger partial charge in [-0.1, -0.05) is 6.07 Å². The van der Waals surface area contributed by atoms with E-state index < -0.39 is 11.8 Å². The fourth-order valence-electron chi connectivity index (χ4n) is 3.28. The summed E-state index contributed by atoms with van der Waals surface area (Å²) >= 11 is 1.68. The number of aryl methyl sites for hydroxylation is 2. The number of rotatable bonds is 4. The number of thiophene rings is 1. The molecule has 0 saturated carbocycles. The summed E-state index contributed by atoms with van der Waals surface area (Å²) in [6.45, 7) is 8.08. The number of nitrogens with zero attached hydrogens (tertiary/aromatic N) is 3. The Morgan fingerprint density at radius 1 is 1.21 bits per heavy atom. The van der Waals surface area contributed by atoms with Crippen molar-refractivity contribution < 1.29 is 13.9 Å². The third kappa shape index (κ3) is 3.65. The lowest BCUT2D eigenvalue weighted by Gasteiger charge is -2.10. The molecule has 0 aliphatic heterocycles. The van der Waals surface area contributed by atoms with Gasteiger partial charge < -0.3 is 4.74 Å². The minimum Gasteiger partial charge on any atom is -0.423 e. The van der Waals surface area contributed by atoms with E-state index in [9.17, 15) is 9.18 Å². The van der Waals surface area contributed by atoms with Crippen molar-refractivity contribution in [2.75, 3.05) is 0 Å². The predicted molar refractivity (Wildman–Crippen MR) is 112 cm³/mol. The van der Waals surface area contributed by atoms with E-state index in [1.165, 1.54) is 23.1 Å². The fourth-order valence-corrected chi connectivity index (χ4v) is 4.21. The van der Waals surface area contributed by atoms with Gasteiger partial charge in [-0.15, -0.1) is 11.3 Å². The molecule has 0 amide bonds. The highest BCUT2D eigenvalue weighted by atomic mass is 32.1. The molecule has 0 spiro atoms. The zero-order chi connectivity index (χ0) is 20.7. The van der Waals surface area contributed by atoms with Crippen molar-refractivity contribution in [3.63, 3.8) is 0 Å². The molecule has 0 aliphatic rings. The second-order valence-corrected chi connectivity index (χ2v) is 8.61. The quantitative estimate of drug-likeness (QED) is 0.320. The third-order valence-corrected chi connectivity index (χ3v) is 5.57. The van der Waals surface area contributed by atoms with E-state index in [2.05, 4.69) is 11.2 Å². The summed E-state index contributed by atoms with van der Waals surface area (Å²) in [5.41, 5.74) is 2.63. The van der Waals surface area contributed by atoms with Gasteiger partial charge in [-0.2, -0.15) is 5.10 Å². The van der Waals surface area contributed by atoms with E-state index in [-0.39, 0.29) is 11.8 Å². The number of carbonyl (C=O) groups excluding carboxylic acids is 1. The van der Waals surface area contributed by atoms with Gasteiger partial charge in [-0.3, -0.25) is 0 Å². The van der Waals surface area contributed by atoms with Gasteiger partial charge in [0.25, 0.3) is 0 Å². The third-order valence-electron chi connectivity index (χ3n) is 4.60. The highest BCUT2D eigenvalue weighted by Gasteiger charge is 2.21. The molecule has 0 aliphatic carbocycles. The van der Waals surface area contributed by atoms with Gasteiger partial charge in [0.2, 0.25) is 0 Å². The first-order valence-corrected chi connectivity index (χ1v) is 10.1. The first kappa shape index (κ1) is 19.3. The first-order chi connectivity index (χ1) is 13.8. The lowest BCUT2D eigenvalue weighted by Crippen LogP contribution is -2.11. The Morgan fingerprint density at radius 3 is 2.66 bits per heavy atom. The number of ether oxygens (including phenoxy) is 1. The molecular formula is C22H20FN3O2S. The average Bonchev–Trinajstić information content (AvgIpc) is 3.23. The van der Waals surface area contributed by atoms with E-state index in [0.717, 1.165) is 10.4 Å². The van der Waals surface area contributed by atoms with E-state index in [1.807, 2.05) is 27.7 Å². The maximum absolute atomic E-state index is 13.5. The molecule has 0 fully saturated rings. The maximum atomic E-state index is 13.5. The molecule has 0 bridgehead atoms. The molecule has 29 heavy (non-hydrogen) atoms. The summed E-state index contributed by atoms with van der Waals surface area (Å²) in [7, 11) is 0. The van der Waals surface area contributed by atoms with Crippen LogP contribution in [0.2, 0.25) is 0 Å². The smallest absolute Gasteiger partial charge is 0.344 e. The van der Waals surface area contributed by atoms with Crippen molar-refractivity contribution >= 4 is 28.3 Å². The van der Waals surface area contributed by atoms with Gasteiger partial charge in [0, 0.05) is 27.4 Å². The summed E-state index contributed by atoms with van der Waals surface area (Å²) in [6, 6.07) is 9.39. The molecule has 3 heterocycles. The number of aromatic nitrogens is 3. The second-order valence-electron chi connectivity index (χ2n) is 7.15. The number of carbonyl (C=O) groups is 1. The molecule has 0 atom stereocenters. The fraction of sp³-hybridized carbons (Fsp3) is 0.227. The van der Waals surface area contributed by atoms with Crippen LogP contribution in [-0.4, -0.2) is 20.7 Å². The Bertz CT molecular complexity index is 1230. The summed E-state index contributed by atoms with van der Waals surface area (Å²) in [5, 5.41) is 5.02. The Hall–Kier alpha value is -3.06. The number of halogens is 1. The molecule has 3 aromatic heterocycles. The molecule has 148 valence electrons. The largest absolute Gasteiger partial charge is 0.423 e. The molecule has 0 N–H and O–H groups in total. The van der Waals surface area contributed by atoms with Crippen LogP contribution in [0.4, 0.5) is 4.39 Å². The zero-order valence-corrected chi connectivity index (χ0v) is 17.4. The molecule has 0 unspecified atom stereocenters. The first-order valence-electron chi connectivity index (χ1n) is 9.27. The van der Waals surface area contributed by atoms with Crippen molar-refractivity contribution in [1.82, 2.24) is 14.8 Å². The van der Waals surface area contributed by atoms with Crippen LogP contribution in [0, 0.1) is 19.7 Å². The normalized spacial score (nSPS) is 11.4.